The van der Waals surface area contributed by atoms with Crippen molar-refractivity contribution in [1.29, 1.82) is 0 Å². The van der Waals surface area contributed by atoms with Crippen LogP contribution in [0.15, 0.2) is 132 Å². The number of benzene rings is 4. The molecule has 2 unspecified atom stereocenters. The van der Waals surface area contributed by atoms with Crippen LogP contribution < -0.4 is 11.5 Å². The SMILES string of the molecule is CCOC(=O)C(C(N)=O)c1cn(-c2ccccc2)c(SSc2c(C(=O)c3ccc(Cl)cc3)c(C(C(N)=O)C(=O)OCC)cn2-c2ccccc2)c1C(=O)c1ccc(Cl)cc1. The molecule has 0 aliphatic carbocycles. The number of rotatable bonds is 17. The third-order valence-electron chi connectivity index (χ3n) is 9.15. The van der Waals surface area contributed by atoms with Crippen LogP contribution in [0.4, 0.5) is 0 Å². The summed E-state index contributed by atoms with van der Waals surface area (Å²) in [5, 5.41) is 1.18. The van der Waals surface area contributed by atoms with Gasteiger partial charge in [0.05, 0.1) is 24.3 Å². The Labute approximate surface area is 362 Å². The predicted octanol–water partition coefficient (Wildman–Crippen LogP) is 8.10. The maximum absolute atomic E-state index is 14.8. The van der Waals surface area contributed by atoms with Gasteiger partial charge in [-0.1, -0.05) is 59.6 Å². The highest BCUT2D eigenvalue weighted by atomic mass is 35.5. The smallest absolute Gasteiger partial charge is 0.323 e. The summed E-state index contributed by atoms with van der Waals surface area (Å²) in [6.07, 6.45) is 2.97. The van der Waals surface area contributed by atoms with Crippen LogP contribution in [0, 0.1) is 0 Å². The van der Waals surface area contributed by atoms with E-state index in [1.165, 1.54) is 60.9 Å². The van der Waals surface area contributed by atoms with Gasteiger partial charge in [-0.25, -0.2) is 0 Å². The van der Waals surface area contributed by atoms with Crippen molar-refractivity contribution >= 4 is 80.1 Å². The van der Waals surface area contributed by atoms with E-state index in [0.717, 1.165) is 21.6 Å². The quantitative estimate of drug-likeness (QED) is 0.0393. The number of primary amides is 2. The first-order valence-electron chi connectivity index (χ1n) is 18.3. The molecule has 4 aromatic carbocycles. The number of carbonyl (C=O) groups is 6. The van der Waals surface area contributed by atoms with Crippen molar-refractivity contribution in [2.24, 2.45) is 11.5 Å². The van der Waals surface area contributed by atoms with Gasteiger partial charge in [0.15, 0.2) is 23.4 Å². The maximum atomic E-state index is 14.8. The summed E-state index contributed by atoms with van der Waals surface area (Å²) in [6, 6.07) is 29.9. The molecule has 2 amide bonds. The Morgan fingerprint density at radius 1 is 0.550 bits per heavy atom. The molecule has 12 nitrogen and oxygen atoms in total. The molecule has 6 rings (SSSR count). The molecule has 0 radical (unpaired) electrons. The number of para-hydroxylation sites is 2. The van der Waals surface area contributed by atoms with Gasteiger partial charge in [0.1, 0.15) is 10.1 Å². The largest absolute Gasteiger partial charge is 0.465 e. The molecule has 2 atom stereocenters. The van der Waals surface area contributed by atoms with Gasteiger partial charge in [0.2, 0.25) is 11.8 Å². The molecule has 0 fully saturated rings. The topological polar surface area (TPSA) is 183 Å². The Morgan fingerprint density at radius 2 is 0.883 bits per heavy atom. The summed E-state index contributed by atoms with van der Waals surface area (Å²) >= 11 is 12.4. The van der Waals surface area contributed by atoms with Gasteiger partial charge < -0.3 is 30.1 Å². The molecular formula is C44H36Cl2N4O8S2. The molecular weight excluding hydrogens is 848 g/mol. The molecule has 6 aromatic rings. The van der Waals surface area contributed by atoms with E-state index in [2.05, 4.69) is 0 Å². The number of nitrogens with two attached hydrogens (primary N) is 2. The van der Waals surface area contributed by atoms with Crippen LogP contribution in [0.25, 0.3) is 11.4 Å². The lowest BCUT2D eigenvalue weighted by molar-refractivity contribution is -0.149. The first kappa shape index (κ1) is 43.5. The van der Waals surface area contributed by atoms with Gasteiger partial charge in [-0.3, -0.25) is 28.8 Å². The third-order valence-corrected chi connectivity index (χ3v) is 12.1. The van der Waals surface area contributed by atoms with E-state index in [9.17, 15) is 28.8 Å². The van der Waals surface area contributed by atoms with E-state index in [0.29, 0.717) is 21.4 Å². The molecule has 4 N–H and O–H groups in total. The third kappa shape index (κ3) is 9.21. The van der Waals surface area contributed by atoms with Gasteiger partial charge in [-0.05, 0) is 108 Å². The second kappa shape index (κ2) is 19.3. The number of ketones is 2. The van der Waals surface area contributed by atoms with E-state index in [4.69, 9.17) is 44.1 Å². The molecule has 16 heteroatoms. The van der Waals surface area contributed by atoms with Crippen molar-refractivity contribution in [1.82, 2.24) is 9.13 Å². The van der Waals surface area contributed by atoms with Crippen LogP contribution in [-0.2, 0) is 28.7 Å². The number of carbonyl (C=O) groups excluding carboxylic acids is 6. The van der Waals surface area contributed by atoms with E-state index >= 15 is 0 Å². The fourth-order valence-corrected chi connectivity index (χ4v) is 9.37. The van der Waals surface area contributed by atoms with Crippen LogP contribution in [0.2, 0.25) is 10.0 Å². The summed E-state index contributed by atoms with van der Waals surface area (Å²) in [4.78, 5) is 82.8. The molecule has 0 spiro atoms. The lowest BCUT2D eigenvalue weighted by atomic mass is 9.93. The highest BCUT2D eigenvalue weighted by Crippen LogP contribution is 2.48. The van der Waals surface area contributed by atoms with E-state index < -0.39 is 47.2 Å². The number of ether oxygens (including phenoxy) is 2. The van der Waals surface area contributed by atoms with E-state index in [-0.39, 0.29) is 56.6 Å². The number of esters is 2. The van der Waals surface area contributed by atoms with Gasteiger partial charge in [0.25, 0.3) is 0 Å². The fourth-order valence-electron chi connectivity index (χ4n) is 6.45. The molecule has 0 aliphatic rings. The number of hydrogen-bond donors (Lipinski definition) is 2. The molecule has 0 saturated carbocycles. The van der Waals surface area contributed by atoms with Crippen molar-refractivity contribution in [3.8, 4) is 11.4 Å². The normalized spacial score (nSPS) is 12.0. The molecule has 2 heterocycles. The van der Waals surface area contributed by atoms with Crippen LogP contribution in [-0.4, -0.2) is 57.7 Å². The highest BCUT2D eigenvalue weighted by Gasteiger charge is 2.39. The van der Waals surface area contributed by atoms with Crippen molar-refractivity contribution < 1.29 is 38.2 Å². The minimum absolute atomic E-state index is 0.0273. The molecule has 0 aliphatic heterocycles. The first-order valence-corrected chi connectivity index (χ1v) is 21.2. The van der Waals surface area contributed by atoms with Gasteiger partial charge in [-0.2, -0.15) is 0 Å². The molecule has 0 bridgehead atoms. The van der Waals surface area contributed by atoms with Crippen molar-refractivity contribution in [2.45, 2.75) is 35.7 Å². The fraction of sp³-hybridized carbons (Fsp3) is 0.136. The second-order valence-electron chi connectivity index (χ2n) is 13.0. The van der Waals surface area contributed by atoms with Gasteiger partial charge in [0, 0.05) is 56.1 Å². The Hall–Kier alpha value is -6.06. The zero-order valence-electron chi connectivity index (χ0n) is 32.0. The monoisotopic (exact) mass is 882 g/mol. The summed E-state index contributed by atoms with van der Waals surface area (Å²) in [7, 11) is 2.03. The van der Waals surface area contributed by atoms with Crippen LogP contribution in [0.5, 0.6) is 0 Å². The van der Waals surface area contributed by atoms with E-state index in [1.54, 1.807) is 83.6 Å². The first-order chi connectivity index (χ1) is 28.9. The van der Waals surface area contributed by atoms with Crippen molar-refractivity contribution in [3.05, 3.63) is 165 Å². The Balaban J connectivity index is 1.66. The predicted molar refractivity (Wildman–Crippen MR) is 230 cm³/mol. The van der Waals surface area contributed by atoms with Crippen molar-refractivity contribution in [2.75, 3.05) is 13.2 Å². The minimum atomic E-state index is -1.70. The molecule has 2 aromatic heterocycles. The lowest BCUT2D eigenvalue weighted by Crippen LogP contribution is -2.30. The van der Waals surface area contributed by atoms with Crippen LogP contribution in [0.1, 0.15) is 68.7 Å². The Bertz CT molecular complexity index is 2400. The molecule has 60 heavy (non-hydrogen) atoms. The summed E-state index contributed by atoms with van der Waals surface area (Å²) in [6.45, 7) is 3.02. The van der Waals surface area contributed by atoms with Gasteiger partial charge >= 0.3 is 11.9 Å². The maximum Gasteiger partial charge on any atom is 0.323 e. The summed E-state index contributed by atoms with van der Waals surface area (Å²) in [5.41, 5.74) is 13.0. The number of halogens is 2. The van der Waals surface area contributed by atoms with E-state index in [1.807, 2.05) is 0 Å². The van der Waals surface area contributed by atoms with Crippen molar-refractivity contribution in [3.63, 3.8) is 0 Å². The Kier molecular flexibility index (Phi) is 14.0. The molecule has 0 saturated heterocycles. The minimum Gasteiger partial charge on any atom is -0.465 e. The standard InChI is InChI=1S/C44H36Cl2N4O8S2/c1-3-57-43(55)35(39(47)53)31-23-49(29-11-7-5-8-12-29)41(33(31)37(51)25-15-19-27(45)20-16-25)59-60-42-34(38(52)26-17-21-28(46)22-18-26)32(36(40(48)54)44(56)58-4-2)24-50(42)30-13-9-6-10-14-30/h5-24,35-36H,3-4H2,1-2H3,(H2,47,53)(H2,48,54). The van der Waals surface area contributed by atoms with Crippen LogP contribution >= 0.6 is 44.8 Å². The summed E-state index contributed by atoms with van der Waals surface area (Å²) < 4.78 is 13.8. The number of nitrogens with zero attached hydrogens (tertiary/aromatic N) is 2. The van der Waals surface area contributed by atoms with Gasteiger partial charge in [-0.15, -0.1) is 0 Å². The average Bonchev–Trinajstić information content (AvgIpc) is 3.79. The number of hydrogen-bond acceptors (Lipinski definition) is 10. The van der Waals surface area contributed by atoms with Crippen LogP contribution in [0.3, 0.4) is 0 Å². The second-order valence-corrected chi connectivity index (χ2v) is 15.9. The Morgan fingerprint density at radius 3 is 1.18 bits per heavy atom. The number of aromatic nitrogens is 2. The zero-order valence-corrected chi connectivity index (χ0v) is 35.1. The average molecular weight is 884 g/mol. The lowest BCUT2D eigenvalue weighted by Gasteiger charge is -2.15. The summed E-state index contributed by atoms with van der Waals surface area (Å²) in [5.74, 6) is -8.59. The number of amides is 2. The zero-order chi connectivity index (χ0) is 43.1. The highest BCUT2D eigenvalue weighted by molar-refractivity contribution is 8.76. The molecule has 306 valence electrons.